The summed E-state index contributed by atoms with van der Waals surface area (Å²) in [5.74, 6) is -1.10. The van der Waals surface area contributed by atoms with Crippen molar-refractivity contribution in [3.63, 3.8) is 0 Å². The number of anilines is 2. The Labute approximate surface area is 358 Å². The number of aromatic nitrogens is 8. The third kappa shape index (κ3) is 7.03. The molecule has 0 spiro atoms. The van der Waals surface area contributed by atoms with Crippen molar-refractivity contribution < 1.29 is 27.4 Å². The van der Waals surface area contributed by atoms with Crippen LogP contribution >= 0.6 is 0 Å². The number of carbonyl (C=O) groups is 1. The molecule has 3 saturated heterocycles. The number of ether oxygens (including phenoxy) is 2. The highest BCUT2D eigenvalue weighted by Crippen LogP contribution is 2.44. The van der Waals surface area contributed by atoms with Gasteiger partial charge in [-0.05, 0) is 57.4 Å². The molecule has 18 nitrogen and oxygen atoms in total. The van der Waals surface area contributed by atoms with Crippen LogP contribution in [-0.4, -0.2) is 125 Å². The normalized spacial score (nSPS) is 23.3. The fourth-order valence-electron chi connectivity index (χ4n) is 9.90. The van der Waals surface area contributed by atoms with Gasteiger partial charge in [0.25, 0.3) is 0 Å². The number of imidazole rings is 1. The molecule has 0 radical (unpaired) electrons. The van der Waals surface area contributed by atoms with Crippen LogP contribution in [0.3, 0.4) is 0 Å². The Morgan fingerprint density at radius 3 is 2.59 bits per heavy atom. The van der Waals surface area contributed by atoms with Gasteiger partial charge in [-0.25, -0.2) is 32.8 Å². The molecule has 326 valence electrons. The van der Waals surface area contributed by atoms with Gasteiger partial charge in [-0.1, -0.05) is 5.22 Å². The maximum Gasteiger partial charge on any atom is 0.317 e. The summed E-state index contributed by atoms with van der Waals surface area (Å²) in [4.78, 5) is 44.7. The number of hydrogen-bond donors (Lipinski definition) is 2. The molecule has 3 fully saturated rings. The van der Waals surface area contributed by atoms with Gasteiger partial charge >= 0.3 is 6.01 Å². The van der Waals surface area contributed by atoms with E-state index in [1.807, 2.05) is 23.3 Å². The van der Waals surface area contributed by atoms with E-state index in [-0.39, 0.29) is 60.3 Å². The molecule has 8 heterocycles. The first-order valence-electron chi connectivity index (χ1n) is 20.9. The molecule has 2 aromatic carbocycles. The quantitative estimate of drug-likeness (QED) is 0.0808. The summed E-state index contributed by atoms with van der Waals surface area (Å²) in [6, 6.07) is 6.73. The van der Waals surface area contributed by atoms with Gasteiger partial charge in [-0.15, -0.1) is 0 Å². The molecule has 2 N–H and O–H groups in total. The van der Waals surface area contributed by atoms with Crippen LogP contribution in [0.1, 0.15) is 38.4 Å². The van der Waals surface area contributed by atoms with Crippen molar-refractivity contribution in [1.82, 2.24) is 49.2 Å². The van der Waals surface area contributed by atoms with Gasteiger partial charge < -0.3 is 28.7 Å². The Balaban J connectivity index is 1.09. The second-order valence-corrected chi connectivity index (χ2v) is 16.6. The smallest absolute Gasteiger partial charge is 0.317 e. The molecule has 2 unspecified atom stereocenters. The Morgan fingerprint density at radius 1 is 1.00 bits per heavy atom. The van der Waals surface area contributed by atoms with Crippen LogP contribution in [-0.2, 0) is 16.1 Å². The summed E-state index contributed by atoms with van der Waals surface area (Å²) in [5, 5.41) is 17.6. The molecule has 6 atom stereocenters. The number of hydrogen-bond acceptors (Lipinski definition) is 14. The maximum absolute atomic E-state index is 15.5. The van der Waals surface area contributed by atoms with Gasteiger partial charge in [-0.2, -0.15) is 25.6 Å². The molecule has 10 rings (SSSR count). The largest absolute Gasteiger partial charge is 0.458 e. The highest BCUT2D eigenvalue weighted by molar-refractivity contribution is 5.94. The zero-order valence-electron chi connectivity index (χ0n) is 34.7. The minimum Gasteiger partial charge on any atom is -0.458 e. The lowest BCUT2D eigenvalue weighted by Gasteiger charge is -2.55. The van der Waals surface area contributed by atoms with E-state index in [9.17, 15) is 9.18 Å². The Morgan fingerprint density at radius 2 is 1.83 bits per heavy atom. The van der Waals surface area contributed by atoms with Gasteiger partial charge in [0.15, 0.2) is 11.5 Å². The predicted octanol–water partition coefficient (Wildman–Crippen LogP) is 5.46. The number of halogens is 3. The van der Waals surface area contributed by atoms with Crippen molar-refractivity contribution in [3.05, 3.63) is 72.1 Å². The SMILES string of the molecule is CCOC[C@H]1CN(C)C(=O)[C@@H]2CC(CN2c2nc(N3[C@@H]4CC(N(C=N)N=N)C[C@H]3C4)nc3c2cnn3-c2ccc(F)cc2F)Oc2nccc(n2)-c2cc(F)cc3nc(C)n(c23)C1. The number of aryl methyl sites for hydroxylation is 1. The van der Waals surface area contributed by atoms with E-state index in [1.165, 1.54) is 34.1 Å². The minimum absolute atomic E-state index is 0.0230. The first-order chi connectivity index (χ1) is 30.5. The number of rotatable bonds is 9. The van der Waals surface area contributed by atoms with Gasteiger partial charge in [0, 0.05) is 75.1 Å². The molecular formula is C42H44F3N15O3. The summed E-state index contributed by atoms with van der Waals surface area (Å²) >= 11 is 0. The second kappa shape index (κ2) is 15.9. The van der Waals surface area contributed by atoms with Crippen molar-refractivity contribution in [1.29, 1.82) is 10.9 Å². The first-order valence-corrected chi connectivity index (χ1v) is 20.9. The van der Waals surface area contributed by atoms with E-state index in [4.69, 9.17) is 40.4 Å². The molecule has 1 amide bonds. The third-order valence-corrected chi connectivity index (χ3v) is 12.7. The number of amides is 1. The molecular weight excluding hydrogens is 820 g/mol. The van der Waals surface area contributed by atoms with Crippen molar-refractivity contribution in [2.45, 2.75) is 76.3 Å². The number of benzene rings is 2. The summed E-state index contributed by atoms with van der Waals surface area (Å²) < 4.78 is 60.7. The van der Waals surface area contributed by atoms with Crippen molar-refractivity contribution >= 4 is 46.1 Å². The molecule has 0 aliphatic carbocycles. The predicted molar refractivity (Wildman–Crippen MR) is 223 cm³/mol. The van der Waals surface area contributed by atoms with Crippen LogP contribution in [0.4, 0.5) is 24.9 Å². The summed E-state index contributed by atoms with van der Waals surface area (Å²) in [6.45, 7) is 5.45. The molecule has 21 heteroatoms. The van der Waals surface area contributed by atoms with Crippen LogP contribution in [0.25, 0.3) is 39.0 Å². The molecule has 6 aromatic rings. The summed E-state index contributed by atoms with van der Waals surface area (Å²) in [6.07, 6.45) is 5.71. The van der Waals surface area contributed by atoms with Gasteiger partial charge in [0.1, 0.15) is 47.4 Å². The fraction of sp³-hybridized carbons (Fsp3) is 0.429. The first kappa shape index (κ1) is 40.3. The average molecular weight is 864 g/mol. The summed E-state index contributed by atoms with van der Waals surface area (Å²) in [5.41, 5.74) is 9.92. The topological polar surface area (TPSA) is 196 Å². The second-order valence-electron chi connectivity index (χ2n) is 16.6. The highest BCUT2D eigenvalue weighted by Gasteiger charge is 2.49. The van der Waals surface area contributed by atoms with Crippen LogP contribution in [0.2, 0.25) is 0 Å². The van der Waals surface area contributed by atoms with E-state index < -0.39 is 29.6 Å². The molecule has 4 aromatic heterocycles. The van der Waals surface area contributed by atoms with Crippen LogP contribution < -0.4 is 14.5 Å². The monoisotopic (exact) mass is 863 g/mol. The highest BCUT2D eigenvalue weighted by atomic mass is 19.1. The number of piperidine rings is 1. The van der Waals surface area contributed by atoms with E-state index in [0.717, 1.165) is 24.9 Å². The van der Waals surface area contributed by atoms with E-state index >= 15 is 8.78 Å². The van der Waals surface area contributed by atoms with E-state index in [2.05, 4.69) is 20.2 Å². The third-order valence-electron chi connectivity index (χ3n) is 12.7. The lowest BCUT2D eigenvalue weighted by molar-refractivity contribution is -0.132. The number of carbonyl (C=O) groups excluding carboxylic acids is 1. The van der Waals surface area contributed by atoms with Crippen LogP contribution in [0.15, 0.2) is 54.0 Å². The molecule has 63 heavy (non-hydrogen) atoms. The zero-order chi connectivity index (χ0) is 43.7. The Kier molecular flexibility index (Phi) is 10.1. The van der Waals surface area contributed by atoms with E-state index in [0.29, 0.717) is 84.4 Å². The van der Waals surface area contributed by atoms with Crippen LogP contribution in [0, 0.1) is 41.2 Å². The molecule has 0 saturated carbocycles. The lowest BCUT2D eigenvalue weighted by Crippen LogP contribution is -2.64. The number of likely N-dealkylation sites (N-methyl/N-ethyl adjacent to an activating group) is 1. The maximum atomic E-state index is 15.5. The number of nitrogens with zero attached hydrogens (tertiary/aromatic N) is 13. The Bertz CT molecular complexity index is 2760. The van der Waals surface area contributed by atoms with Crippen molar-refractivity contribution in [2.24, 2.45) is 11.1 Å². The number of fused-ring (bicyclic) bond motifs is 8. The standard InChI is InChI=1S/C42H44F3N15O3/c1-4-62-20-23-17-55(3)40(61)36-15-29(63-42-48-8-7-33(51-42)30-9-25(44)11-34-37(30)56(18-23)22(2)50-34)19-57(36)38-31-16-49-60(35-6-5-24(43)10-32(35)45)39(31)53-41(52-38)59-27-12-26(13-28(59)14-27)58(21-46)54-47/h5-11,16,21,23,26-29,36,46-47H,4,12-15,17-20H2,1-3H3/t23-,26?,27-,28+,29?,36-/m0/s1. The van der Waals surface area contributed by atoms with Gasteiger partial charge in [0.2, 0.25) is 11.9 Å². The average Bonchev–Trinajstić information content (AvgIpc) is 3.97. The molecule has 6 bridgehead atoms. The number of nitrogens with one attached hydrogen (secondary N) is 2. The molecule has 4 aliphatic heterocycles. The summed E-state index contributed by atoms with van der Waals surface area (Å²) in [7, 11) is 1.76. The fourth-order valence-corrected chi connectivity index (χ4v) is 9.90. The van der Waals surface area contributed by atoms with Crippen molar-refractivity contribution in [3.8, 4) is 23.0 Å². The minimum atomic E-state index is -0.838. The van der Waals surface area contributed by atoms with Gasteiger partial charge in [-0.3, -0.25) is 10.2 Å². The van der Waals surface area contributed by atoms with E-state index in [1.54, 1.807) is 24.2 Å². The lowest BCUT2D eigenvalue weighted by atomic mass is 9.77. The van der Waals surface area contributed by atoms with Gasteiger partial charge in [0.05, 0.1) is 47.5 Å². The molecule has 4 aliphatic rings. The van der Waals surface area contributed by atoms with Crippen molar-refractivity contribution in [2.75, 3.05) is 43.2 Å². The van der Waals surface area contributed by atoms with Crippen LogP contribution in [0.5, 0.6) is 6.01 Å². The Hall–Kier alpha value is -6.77. The zero-order valence-corrected chi connectivity index (χ0v) is 34.7.